The van der Waals surface area contributed by atoms with E-state index < -0.39 is 28.8 Å². The van der Waals surface area contributed by atoms with E-state index in [1.165, 1.54) is 9.80 Å². The van der Waals surface area contributed by atoms with Gasteiger partial charge in [0.15, 0.2) is 11.6 Å². The summed E-state index contributed by atoms with van der Waals surface area (Å²) in [6, 6.07) is 0. The molecule has 186 valence electrons. The van der Waals surface area contributed by atoms with Crippen LogP contribution in [0.1, 0.15) is 69.2 Å². The minimum Gasteiger partial charge on any atom is -0.444 e. The molecule has 0 aromatic heterocycles. The highest BCUT2D eigenvalue weighted by atomic mass is 16.6. The number of amides is 2. The Morgan fingerprint density at radius 2 is 1.09 bits per heavy atom. The van der Waals surface area contributed by atoms with Crippen molar-refractivity contribution in [2.45, 2.75) is 80.4 Å². The fourth-order valence-electron chi connectivity index (χ4n) is 3.97. The molecule has 1 aliphatic rings. The van der Waals surface area contributed by atoms with E-state index in [1.807, 2.05) is 13.8 Å². The Morgan fingerprint density at radius 3 is 1.52 bits per heavy atom. The second-order valence-corrected chi connectivity index (χ2v) is 11.1. The van der Waals surface area contributed by atoms with Crippen LogP contribution < -0.4 is 0 Å². The molecule has 8 nitrogen and oxygen atoms in total. The van der Waals surface area contributed by atoms with Gasteiger partial charge in [-0.1, -0.05) is 13.8 Å². The van der Waals surface area contributed by atoms with E-state index in [4.69, 9.17) is 9.47 Å². The lowest BCUT2D eigenvalue weighted by Gasteiger charge is -2.36. The lowest BCUT2D eigenvalue weighted by molar-refractivity contribution is -0.118. The summed E-state index contributed by atoms with van der Waals surface area (Å²) in [5, 5.41) is 0. The summed E-state index contributed by atoms with van der Waals surface area (Å²) in [6.07, 6.45) is -1.07. The predicted octanol–water partition coefficient (Wildman–Crippen LogP) is 4.53. The summed E-state index contributed by atoms with van der Waals surface area (Å²) in [7, 11) is 3.24. The highest BCUT2D eigenvalue weighted by molar-refractivity contribution is 6.25. The van der Waals surface area contributed by atoms with Crippen molar-refractivity contribution in [2.24, 2.45) is 5.41 Å². The first kappa shape index (κ1) is 28.4. The third kappa shape index (κ3) is 7.17. The van der Waals surface area contributed by atoms with Crippen LogP contribution in [0.5, 0.6) is 0 Å². The molecule has 0 aliphatic heterocycles. The average Bonchev–Trinajstić information content (AvgIpc) is 2.62. The van der Waals surface area contributed by atoms with Gasteiger partial charge in [0.05, 0.1) is 0 Å². The van der Waals surface area contributed by atoms with Crippen LogP contribution in [-0.4, -0.2) is 71.9 Å². The van der Waals surface area contributed by atoms with Gasteiger partial charge in [0, 0.05) is 54.9 Å². The third-order valence-corrected chi connectivity index (χ3v) is 5.48. The molecule has 0 N–H and O–H groups in total. The maximum Gasteiger partial charge on any atom is 0.410 e. The maximum atomic E-state index is 12.9. The topological polar surface area (TPSA) is 93.2 Å². The summed E-state index contributed by atoms with van der Waals surface area (Å²) in [4.78, 5) is 53.5. The number of carbonyl (C=O) groups is 4. The molecule has 33 heavy (non-hydrogen) atoms. The van der Waals surface area contributed by atoms with Crippen LogP contribution in [0.2, 0.25) is 0 Å². The molecule has 0 saturated carbocycles. The van der Waals surface area contributed by atoms with Crippen LogP contribution in [0.15, 0.2) is 22.3 Å². The second-order valence-electron chi connectivity index (χ2n) is 11.1. The Hall–Kier alpha value is -2.64. The van der Waals surface area contributed by atoms with Crippen LogP contribution >= 0.6 is 0 Å². The van der Waals surface area contributed by atoms with E-state index in [1.54, 1.807) is 69.5 Å². The van der Waals surface area contributed by atoms with Gasteiger partial charge in [-0.05, 0) is 55.4 Å². The number of hydrogen-bond acceptors (Lipinski definition) is 6. The molecule has 1 aliphatic carbocycles. The fourth-order valence-corrected chi connectivity index (χ4v) is 3.97. The summed E-state index contributed by atoms with van der Waals surface area (Å²) >= 11 is 0. The first-order chi connectivity index (χ1) is 14.7. The van der Waals surface area contributed by atoms with Gasteiger partial charge in [-0.2, -0.15) is 0 Å². The minimum atomic E-state index is -1.29. The number of ether oxygens (including phenoxy) is 2. The molecule has 0 bridgehead atoms. The van der Waals surface area contributed by atoms with Crippen LogP contribution in [0.3, 0.4) is 0 Å². The first-order valence-electron chi connectivity index (χ1n) is 11.1. The SMILES string of the molecule is CC1=C(C)C(=O)C(C(C)(C)OC(=O)N(C)CC(C)(C)CN(C)C(=O)OC(C)(C)C)=C(C)C1=O. The van der Waals surface area contributed by atoms with Gasteiger partial charge in [-0.15, -0.1) is 0 Å². The molecule has 0 heterocycles. The Labute approximate surface area is 198 Å². The highest BCUT2D eigenvalue weighted by Gasteiger charge is 2.40. The van der Waals surface area contributed by atoms with Crippen LogP contribution in [0.4, 0.5) is 9.59 Å². The summed E-state index contributed by atoms with van der Waals surface area (Å²) in [5.41, 5.74) is -1.09. The van der Waals surface area contributed by atoms with E-state index in [2.05, 4.69) is 0 Å². The zero-order chi connectivity index (χ0) is 26.1. The van der Waals surface area contributed by atoms with Gasteiger partial charge < -0.3 is 19.3 Å². The van der Waals surface area contributed by atoms with Gasteiger partial charge in [0.25, 0.3) is 0 Å². The molecular formula is C25H40N2O6. The molecule has 0 atom stereocenters. The van der Waals surface area contributed by atoms with Crippen molar-refractivity contribution in [3.63, 3.8) is 0 Å². The van der Waals surface area contributed by atoms with Crippen molar-refractivity contribution in [1.29, 1.82) is 0 Å². The summed E-state index contributed by atoms with van der Waals surface area (Å²) < 4.78 is 11.1. The van der Waals surface area contributed by atoms with E-state index >= 15 is 0 Å². The minimum absolute atomic E-state index is 0.196. The number of ketones is 2. The van der Waals surface area contributed by atoms with Gasteiger partial charge in [-0.25, -0.2) is 9.59 Å². The Balaban J connectivity index is 2.92. The number of carbonyl (C=O) groups excluding carboxylic acids is 4. The van der Waals surface area contributed by atoms with Crippen LogP contribution in [-0.2, 0) is 19.1 Å². The summed E-state index contributed by atoms with van der Waals surface area (Å²) in [5.74, 6) is -0.504. The molecular weight excluding hydrogens is 424 g/mol. The van der Waals surface area contributed by atoms with Crippen molar-refractivity contribution < 1.29 is 28.7 Å². The highest BCUT2D eigenvalue weighted by Crippen LogP contribution is 2.34. The quantitative estimate of drug-likeness (QED) is 0.536. The van der Waals surface area contributed by atoms with Crippen molar-refractivity contribution in [1.82, 2.24) is 9.80 Å². The molecule has 0 spiro atoms. The number of allylic oxidation sites excluding steroid dienone is 3. The lowest BCUT2D eigenvalue weighted by atomic mass is 9.79. The zero-order valence-electron chi connectivity index (χ0n) is 22.3. The molecule has 0 saturated heterocycles. The van der Waals surface area contributed by atoms with Gasteiger partial charge >= 0.3 is 12.2 Å². The van der Waals surface area contributed by atoms with E-state index in [9.17, 15) is 19.2 Å². The van der Waals surface area contributed by atoms with Crippen molar-refractivity contribution in [3.05, 3.63) is 22.3 Å². The van der Waals surface area contributed by atoms with Crippen molar-refractivity contribution >= 4 is 23.8 Å². The van der Waals surface area contributed by atoms with E-state index in [-0.39, 0.29) is 23.7 Å². The van der Waals surface area contributed by atoms with Gasteiger partial charge in [0.2, 0.25) is 0 Å². The van der Waals surface area contributed by atoms with Gasteiger partial charge in [-0.3, -0.25) is 9.59 Å². The average molecular weight is 465 g/mol. The molecule has 0 radical (unpaired) electrons. The standard InChI is InChI=1S/C25H40N2O6/c1-15-16(2)20(29)18(17(3)19(15)28)25(9,10)33-22(31)27(12)14-24(7,8)13-26(11)21(30)32-23(4,5)6/h13-14H2,1-12H3. The van der Waals surface area contributed by atoms with Crippen molar-refractivity contribution in [3.8, 4) is 0 Å². The summed E-state index contributed by atoms with van der Waals surface area (Å²) in [6.45, 7) is 17.9. The molecule has 2 amide bonds. The largest absolute Gasteiger partial charge is 0.444 e. The first-order valence-corrected chi connectivity index (χ1v) is 11.1. The fraction of sp³-hybridized carbons (Fsp3) is 0.680. The Kier molecular flexibility index (Phi) is 8.34. The van der Waals surface area contributed by atoms with Crippen molar-refractivity contribution in [2.75, 3.05) is 27.2 Å². The van der Waals surface area contributed by atoms with E-state index in [0.717, 1.165) is 0 Å². The van der Waals surface area contributed by atoms with Gasteiger partial charge in [0.1, 0.15) is 11.2 Å². The third-order valence-electron chi connectivity index (χ3n) is 5.48. The van der Waals surface area contributed by atoms with E-state index in [0.29, 0.717) is 23.3 Å². The Morgan fingerprint density at radius 1 is 0.697 bits per heavy atom. The molecule has 0 aromatic carbocycles. The molecule has 1 rings (SSSR count). The van der Waals surface area contributed by atoms with Crippen LogP contribution in [0, 0.1) is 5.41 Å². The maximum absolute atomic E-state index is 12.9. The zero-order valence-corrected chi connectivity index (χ0v) is 22.3. The predicted molar refractivity (Wildman–Crippen MR) is 127 cm³/mol. The second kappa shape index (κ2) is 9.69. The Bertz CT molecular complexity index is 902. The molecule has 0 fully saturated rings. The van der Waals surface area contributed by atoms with Crippen LogP contribution in [0.25, 0.3) is 0 Å². The lowest BCUT2D eigenvalue weighted by Crippen LogP contribution is -2.47. The number of hydrogen-bond donors (Lipinski definition) is 0. The molecule has 0 aromatic rings. The molecule has 8 heteroatoms. The molecule has 0 unspecified atom stereocenters. The monoisotopic (exact) mass is 464 g/mol. The number of nitrogens with zero attached hydrogens (tertiary/aromatic N) is 2. The number of rotatable bonds is 6. The normalized spacial score (nSPS) is 15.6. The number of Topliss-reactive ketones (excluding diaryl/α,β-unsaturated/α-hetero) is 2. The smallest absolute Gasteiger partial charge is 0.410 e.